The maximum Gasteiger partial charge on any atom is 0.230 e. The Kier molecular flexibility index (Phi) is 10.1. The lowest BCUT2D eigenvalue weighted by molar-refractivity contribution is 0.120. The van der Waals surface area contributed by atoms with Crippen molar-refractivity contribution in [2.75, 3.05) is 33.0 Å². The van der Waals surface area contributed by atoms with E-state index in [1.807, 2.05) is 48.5 Å². The highest BCUT2D eigenvalue weighted by atomic mass is 35.5. The number of ether oxygens (including phenoxy) is 2. The fourth-order valence-corrected chi connectivity index (χ4v) is 2.98. The van der Waals surface area contributed by atoms with E-state index in [1.165, 1.54) is 0 Å². The van der Waals surface area contributed by atoms with E-state index >= 15 is 0 Å². The maximum absolute atomic E-state index is 5.67. The van der Waals surface area contributed by atoms with Crippen molar-refractivity contribution in [1.29, 1.82) is 0 Å². The Morgan fingerprint density at radius 3 is 1.45 bits per heavy atom. The first-order chi connectivity index (χ1) is 14.3. The molecule has 0 saturated carbocycles. The lowest BCUT2D eigenvalue weighted by Crippen LogP contribution is -2.33. The van der Waals surface area contributed by atoms with Gasteiger partial charge in [-0.2, -0.15) is 0 Å². The Morgan fingerprint density at radius 2 is 1.10 bits per heavy atom. The van der Waals surface area contributed by atoms with E-state index in [-0.39, 0.29) is 31.6 Å². The number of aliphatic imine (C=N–C) groups is 2. The van der Waals surface area contributed by atoms with Gasteiger partial charge in [0, 0.05) is 26.2 Å². The fourth-order valence-electron chi connectivity index (χ4n) is 2.98. The topological polar surface area (TPSA) is 91.3 Å². The number of benzene rings is 2. The van der Waals surface area contributed by atoms with Gasteiger partial charge < -0.3 is 30.7 Å². The number of hydrogen-bond acceptors (Lipinski definition) is 8. The summed E-state index contributed by atoms with van der Waals surface area (Å²) < 4.78 is 11.3. The van der Waals surface area contributed by atoms with E-state index in [1.54, 1.807) is 0 Å². The van der Waals surface area contributed by atoms with Crippen LogP contribution >= 0.6 is 24.8 Å². The van der Waals surface area contributed by atoms with Crippen LogP contribution in [0.4, 0.5) is 0 Å². The number of nitrogens with zero attached hydrogens (tertiary/aromatic N) is 2. The number of nitrogens with one attached hydrogen (secondary N) is 4. The van der Waals surface area contributed by atoms with Crippen molar-refractivity contribution in [3.8, 4) is 11.5 Å². The molecule has 168 valence electrons. The van der Waals surface area contributed by atoms with Gasteiger partial charge in [0.05, 0.1) is 13.1 Å². The molecule has 2 aliphatic heterocycles. The second-order valence-electron chi connectivity index (χ2n) is 6.72. The van der Waals surface area contributed by atoms with E-state index in [0.717, 1.165) is 73.8 Å². The molecule has 0 unspecified atom stereocenters. The standard InChI is InChI=1S/C21H26N6O2.2ClH/c1-5-18(6-2-16(1)13-26-20-22-9-10-23-20)28-15-29-19-7-3-17(4-8-19)14-27-21-24-11-12-25-21;;/h1-8H,9-15H2,(H2,22,23,26)(H2,24,25,27);2*1H. The van der Waals surface area contributed by atoms with E-state index < -0.39 is 0 Å². The Labute approximate surface area is 194 Å². The van der Waals surface area contributed by atoms with Crippen molar-refractivity contribution in [3.63, 3.8) is 0 Å². The summed E-state index contributed by atoms with van der Waals surface area (Å²) in [6, 6.07) is 15.9. The predicted molar refractivity (Wildman–Crippen MR) is 128 cm³/mol. The van der Waals surface area contributed by atoms with Crippen LogP contribution in [0.5, 0.6) is 11.5 Å². The van der Waals surface area contributed by atoms with Gasteiger partial charge in [-0.05, 0) is 35.4 Å². The molecule has 4 rings (SSSR count). The molecule has 0 bridgehead atoms. The predicted octanol–water partition coefficient (Wildman–Crippen LogP) is 2.04. The van der Waals surface area contributed by atoms with Crippen LogP contribution in [0.2, 0.25) is 0 Å². The normalized spacial score (nSPS) is 14.1. The third kappa shape index (κ3) is 7.73. The van der Waals surface area contributed by atoms with Crippen LogP contribution in [-0.4, -0.2) is 44.9 Å². The highest BCUT2D eigenvalue weighted by Crippen LogP contribution is 2.15. The third-order valence-electron chi connectivity index (χ3n) is 4.57. The minimum absolute atomic E-state index is 0. The highest BCUT2D eigenvalue weighted by Gasteiger charge is 2.05. The maximum atomic E-state index is 5.67. The van der Waals surface area contributed by atoms with Gasteiger partial charge in [0.15, 0.2) is 11.9 Å². The van der Waals surface area contributed by atoms with Crippen molar-refractivity contribution < 1.29 is 9.47 Å². The molecule has 0 spiro atoms. The number of guanidine groups is 2. The van der Waals surface area contributed by atoms with Crippen LogP contribution in [0, 0.1) is 0 Å². The zero-order chi connectivity index (χ0) is 19.7. The van der Waals surface area contributed by atoms with Gasteiger partial charge in [-0.25, -0.2) is 0 Å². The summed E-state index contributed by atoms with van der Waals surface area (Å²) in [7, 11) is 0. The van der Waals surface area contributed by atoms with Gasteiger partial charge in [0.25, 0.3) is 0 Å². The molecule has 4 N–H and O–H groups in total. The largest absolute Gasteiger partial charge is 0.458 e. The third-order valence-corrected chi connectivity index (χ3v) is 4.57. The van der Waals surface area contributed by atoms with Crippen LogP contribution in [-0.2, 0) is 13.1 Å². The Hall–Kier alpha value is -2.84. The Morgan fingerprint density at radius 1 is 0.677 bits per heavy atom. The molecule has 8 nitrogen and oxygen atoms in total. The van der Waals surface area contributed by atoms with Crippen molar-refractivity contribution in [2.45, 2.75) is 13.1 Å². The van der Waals surface area contributed by atoms with Crippen LogP contribution in [0.3, 0.4) is 0 Å². The second-order valence-corrected chi connectivity index (χ2v) is 6.72. The highest BCUT2D eigenvalue weighted by molar-refractivity contribution is 5.85. The minimum atomic E-state index is 0. The molecule has 0 saturated heterocycles. The molecule has 31 heavy (non-hydrogen) atoms. The molecule has 0 atom stereocenters. The van der Waals surface area contributed by atoms with E-state index in [4.69, 9.17) is 9.47 Å². The van der Waals surface area contributed by atoms with Crippen LogP contribution in [0.15, 0.2) is 58.5 Å². The minimum Gasteiger partial charge on any atom is -0.458 e. The number of rotatable bonds is 8. The summed E-state index contributed by atoms with van der Waals surface area (Å²) in [5.74, 6) is 3.28. The van der Waals surface area contributed by atoms with E-state index in [2.05, 4.69) is 31.3 Å². The summed E-state index contributed by atoms with van der Waals surface area (Å²) in [6.45, 7) is 5.10. The molecule has 2 heterocycles. The zero-order valence-electron chi connectivity index (χ0n) is 17.1. The molecular weight excluding hydrogens is 439 g/mol. The summed E-state index contributed by atoms with van der Waals surface area (Å²) in [6.07, 6.45) is 0. The van der Waals surface area contributed by atoms with Crippen molar-refractivity contribution in [1.82, 2.24) is 21.3 Å². The molecular formula is C21H28Cl2N6O2. The smallest absolute Gasteiger partial charge is 0.230 e. The molecule has 2 aliphatic rings. The average molecular weight is 467 g/mol. The van der Waals surface area contributed by atoms with Gasteiger partial charge >= 0.3 is 0 Å². The summed E-state index contributed by atoms with van der Waals surface area (Å²) in [5, 5.41) is 12.9. The first-order valence-electron chi connectivity index (χ1n) is 9.83. The van der Waals surface area contributed by atoms with Crippen LogP contribution in [0.25, 0.3) is 0 Å². The van der Waals surface area contributed by atoms with Gasteiger partial charge in [-0.3, -0.25) is 9.98 Å². The summed E-state index contributed by atoms with van der Waals surface area (Å²) in [5.41, 5.74) is 2.33. The van der Waals surface area contributed by atoms with Crippen molar-refractivity contribution in [3.05, 3.63) is 59.7 Å². The first kappa shape index (κ1) is 24.4. The van der Waals surface area contributed by atoms with Gasteiger partial charge in [-0.1, -0.05) is 24.3 Å². The van der Waals surface area contributed by atoms with E-state index in [9.17, 15) is 0 Å². The quantitative estimate of drug-likeness (QED) is 0.445. The monoisotopic (exact) mass is 466 g/mol. The first-order valence-corrected chi connectivity index (χ1v) is 9.83. The number of halogens is 2. The molecule has 10 heteroatoms. The molecule has 0 amide bonds. The fraction of sp³-hybridized carbons (Fsp3) is 0.333. The van der Waals surface area contributed by atoms with Gasteiger partial charge in [0.1, 0.15) is 11.5 Å². The second kappa shape index (κ2) is 12.8. The summed E-state index contributed by atoms with van der Waals surface area (Å²) in [4.78, 5) is 8.63. The Balaban J connectivity index is 0.00000171. The van der Waals surface area contributed by atoms with Crippen LogP contribution in [0.1, 0.15) is 11.1 Å². The molecule has 0 aliphatic carbocycles. The van der Waals surface area contributed by atoms with Gasteiger partial charge in [-0.15, -0.1) is 24.8 Å². The summed E-state index contributed by atoms with van der Waals surface area (Å²) >= 11 is 0. The Bertz CT molecular complexity index is 788. The van der Waals surface area contributed by atoms with Crippen molar-refractivity contribution in [2.24, 2.45) is 9.98 Å². The molecule has 2 aromatic rings. The van der Waals surface area contributed by atoms with Crippen molar-refractivity contribution >= 4 is 36.7 Å². The molecule has 0 radical (unpaired) electrons. The van der Waals surface area contributed by atoms with E-state index in [0.29, 0.717) is 0 Å². The molecule has 2 aromatic carbocycles. The van der Waals surface area contributed by atoms with Crippen LogP contribution < -0.4 is 30.7 Å². The zero-order valence-corrected chi connectivity index (χ0v) is 18.7. The van der Waals surface area contributed by atoms with Gasteiger partial charge in [0.2, 0.25) is 6.79 Å². The SMILES string of the molecule is Cl.Cl.c1cc(OCOc2ccc(CNC3=NCCN3)cc2)ccc1CNC1=NCCN1. The lowest BCUT2D eigenvalue weighted by Gasteiger charge is -2.11. The molecule has 0 aromatic heterocycles. The number of hydrogen-bond donors (Lipinski definition) is 4. The average Bonchev–Trinajstić information content (AvgIpc) is 3.47. The lowest BCUT2D eigenvalue weighted by atomic mass is 10.2. The molecule has 0 fully saturated rings.